The summed E-state index contributed by atoms with van der Waals surface area (Å²) in [4.78, 5) is 31.5. The largest absolute Gasteiger partial charge is 0.342 e. The maximum Gasteiger partial charge on any atom is 0.283 e. The van der Waals surface area contributed by atoms with Crippen molar-refractivity contribution in [3.63, 3.8) is 0 Å². The highest BCUT2D eigenvalue weighted by Crippen LogP contribution is 2.31. The van der Waals surface area contributed by atoms with Gasteiger partial charge >= 0.3 is 0 Å². The first-order valence-electron chi connectivity index (χ1n) is 12.0. The van der Waals surface area contributed by atoms with E-state index in [0.29, 0.717) is 16.8 Å². The number of likely N-dealkylation sites (tertiary alicyclic amines) is 1. The molecule has 3 aromatic rings. The SMILES string of the molecule is N=C1C(=Cc2cn(Cc3ccccc3)c3ccccc23)C(=O)N=C2SC(CC(=O)N3CCCC3)=NN12. The fourth-order valence-electron chi connectivity index (χ4n) is 4.77. The Balaban J connectivity index is 1.29. The summed E-state index contributed by atoms with van der Waals surface area (Å²) < 4.78 is 2.15. The highest BCUT2D eigenvalue weighted by molar-refractivity contribution is 8.27. The molecule has 0 aliphatic carbocycles. The normalized spacial score (nSPS) is 18.7. The monoisotopic (exact) mass is 496 g/mol. The molecule has 1 aromatic heterocycles. The van der Waals surface area contributed by atoms with E-state index in [1.807, 2.05) is 47.5 Å². The lowest BCUT2D eigenvalue weighted by Crippen LogP contribution is -2.35. The van der Waals surface area contributed by atoms with Crippen LogP contribution in [-0.2, 0) is 16.1 Å². The zero-order chi connectivity index (χ0) is 24.6. The number of fused-ring (bicyclic) bond motifs is 2. The van der Waals surface area contributed by atoms with Gasteiger partial charge in [-0.15, -0.1) is 0 Å². The van der Waals surface area contributed by atoms with Gasteiger partial charge in [0.05, 0.1) is 12.0 Å². The Kier molecular flexibility index (Phi) is 5.77. The zero-order valence-corrected chi connectivity index (χ0v) is 20.4. The second-order valence-electron chi connectivity index (χ2n) is 8.99. The molecule has 4 heterocycles. The van der Waals surface area contributed by atoms with Crippen LogP contribution in [0, 0.1) is 5.41 Å². The lowest BCUT2D eigenvalue weighted by atomic mass is 10.1. The number of amidine groups is 2. The number of nitrogens with one attached hydrogen (secondary N) is 1. The van der Waals surface area contributed by atoms with E-state index < -0.39 is 5.91 Å². The molecule has 36 heavy (non-hydrogen) atoms. The van der Waals surface area contributed by atoms with Crippen molar-refractivity contribution in [3.05, 3.63) is 77.5 Å². The number of nitrogens with zero attached hydrogens (tertiary/aromatic N) is 5. The topological polar surface area (TPSA) is 94.1 Å². The molecule has 3 aliphatic heterocycles. The summed E-state index contributed by atoms with van der Waals surface area (Å²) in [5.41, 5.74) is 3.24. The van der Waals surface area contributed by atoms with Crippen molar-refractivity contribution in [1.29, 1.82) is 5.41 Å². The maximum absolute atomic E-state index is 13.0. The van der Waals surface area contributed by atoms with Gasteiger partial charge < -0.3 is 9.47 Å². The van der Waals surface area contributed by atoms with Crippen molar-refractivity contribution in [2.45, 2.75) is 25.8 Å². The van der Waals surface area contributed by atoms with E-state index in [2.05, 4.69) is 32.9 Å². The standard InChI is InChI=1S/C27H24N6O2S/c28-25-21(26(35)29-27-33(25)30-23(36-27)15-24(34)31-12-6-7-13-31)14-19-17-32(16-18-8-2-1-3-9-18)22-11-5-4-10-20(19)22/h1-5,8-11,14,17,28H,6-7,12-13,15-16H2. The van der Waals surface area contributed by atoms with Crippen molar-refractivity contribution in [2.75, 3.05) is 13.1 Å². The molecule has 1 saturated heterocycles. The summed E-state index contributed by atoms with van der Waals surface area (Å²) in [7, 11) is 0. The molecule has 3 aliphatic rings. The predicted octanol–water partition coefficient (Wildman–Crippen LogP) is 4.32. The van der Waals surface area contributed by atoms with Crippen LogP contribution in [0.3, 0.4) is 0 Å². The van der Waals surface area contributed by atoms with Crippen molar-refractivity contribution >= 4 is 56.6 Å². The average molecular weight is 497 g/mol. The number of hydrogen-bond acceptors (Lipinski definition) is 5. The minimum atomic E-state index is -0.471. The molecule has 0 spiro atoms. The van der Waals surface area contributed by atoms with Gasteiger partial charge in [-0.3, -0.25) is 15.0 Å². The number of para-hydroxylation sites is 1. The summed E-state index contributed by atoms with van der Waals surface area (Å²) in [6.07, 6.45) is 5.95. The zero-order valence-electron chi connectivity index (χ0n) is 19.6. The molecular weight excluding hydrogens is 472 g/mol. The highest BCUT2D eigenvalue weighted by Gasteiger charge is 2.36. The number of carbonyl (C=O) groups is 2. The molecule has 2 aromatic carbocycles. The Morgan fingerprint density at radius 1 is 1.06 bits per heavy atom. The van der Waals surface area contributed by atoms with Gasteiger partial charge in [-0.2, -0.15) is 15.1 Å². The van der Waals surface area contributed by atoms with E-state index in [4.69, 9.17) is 5.41 Å². The van der Waals surface area contributed by atoms with Crippen LogP contribution in [0.15, 0.2) is 76.5 Å². The fraction of sp³-hybridized carbons (Fsp3) is 0.222. The number of aliphatic imine (C=N–C) groups is 1. The molecular formula is C27H24N6O2S. The van der Waals surface area contributed by atoms with Crippen LogP contribution in [-0.4, -0.2) is 55.4 Å². The molecule has 2 amide bonds. The van der Waals surface area contributed by atoms with Gasteiger partial charge in [0.15, 0.2) is 5.84 Å². The number of benzene rings is 2. The summed E-state index contributed by atoms with van der Waals surface area (Å²) >= 11 is 1.19. The molecule has 0 atom stereocenters. The van der Waals surface area contributed by atoms with Crippen LogP contribution in [0.1, 0.15) is 30.4 Å². The second kappa shape index (κ2) is 9.23. The third kappa shape index (κ3) is 4.15. The number of thioether (sulfide) groups is 1. The number of hydrogen-bond donors (Lipinski definition) is 1. The minimum Gasteiger partial charge on any atom is -0.342 e. The van der Waals surface area contributed by atoms with Crippen LogP contribution in [0.2, 0.25) is 0 Å². The van der Waals surface area contributed by atoms with Gasteiger partial charge in [-0.05, 0) is 42.3 Å². The summed E-state index contributed by atoms with van der Waals surface area (Å²) in [5.74, 6) is -0.471. The van der Waals surface area contributed by atoms with Gasteiger partial charge in [0, 0.05) is 42.3 Å². The first-order valence-corrected chi connectivity index (χ1v) is 12.8. The van der Waals surface area contributed by atoms with E-state index in [0.717, 1.165) is 42.4 Å². The number of carbonyl (C=O) groups excluding carboxylic acids is 2. The number of hydrazone groups is 1. The van der Waals surface area contributed by atoms with Crippen LogP contribution in [0.25, 0.3) is 17.0 Å². The van der Waals surface area contributed by atoms with E-state index >= 15 is 0 Å². The molecule has 9 heteroatoms. The van der Waals surface area contributed by atoms with Crippen molar-refractivity contribution in [2.24, 2.45) is 10.1 Å². The number of rotatable bonds is 5. The molecule has 0 unspecified atom stereocenters. The minimum absolute atomic E-state index is 0.0268. The van der Waals surface area contributed by atoms with Crippen LogP contribution < -0.4 is 0 Å². The Morgan fingerprint density at radius 3 is 2.61 bits per heavy atom. The van der Waals surface area contributed by atoms with Crippen LogP contribution >= 0.6 is 11.8 Å². The molecule has 0 bridgehead atoms. The molecule has 6 rings (SSSR count). The van der Waals surface area contributed by atoms with E-state index in [1.54, 1.807) is 6.08 Å². The molecule has 180 valence electrons. The first kappa shape index (κ1) is 22.5. The Labute approximate surface area is 212 Å². The molecule has 0 saturated carbocycles. The fourth-order valence-corrected chi connectivity index (χ4v) is 5.64. The van der Waals surface area contributed by atoms with Gasteiger partial charge in [0.2, 0.25) is 11.1 Å². The highest BCUT2D eigenvalue weighted by atomic mass is 32.2. The molecule has 1 N–H and O–H groups in total. The van der Waals surface area contributed by atoms with Gasteiger partial charge in [-0.25, -0.2) is 0 Å². The summed E-state index contributed by atoms with van der Waals surface area (Å²) in [6, 6.07) is 18.2. The lowest BCUT2D eigenvalue weighted by molar-refractivity contribution is -0.128. The third-order valence-corrected chi connectivity index (χ3v) is 7.48. The Morgan fingerprint density at radius 2 is 1.81 bits per heavy atom. The maximum atomic E-state index is 13.0. The van der Waals surface area contributed by atoms with E-state index in [1.165, 1.54) is 22.3 Å². The number of aromatic nitrogens is 1. The van der Waals surface area contributed by atoms with Crippen molar-refractivity contribution in [1.82, 2.24) is 14.5 Å². The lowest BCUT2D eigenvalue weighted by Gasteiger charge is -2.20. The predicted molar refractivity (Wildman–Crippen MR) is 143 cm³/mol. The van der Waals surface area contributed by atoms with Gasteiger partial charge in [0.1, 0.15) is 5.04 Å². The van der Waals surface area contributed by atoms with Crippen LogP contribution in [0.4, 0.5) is 0 Å². The molecule has 8 nitrogen and oxygen atoms in total. The molecule has 1 fully saturated rings. The summed E-state index contributed by atoms with van der Waals surface area (Å²) in [6.45, 7) is 2.25. The second-order valence-corrected chi connectivity index (χ2v) is 10.0. The average Bonchev–Trinajstić information content (AvgIpc) is 3.63. The van der Waals surface area contributed by atoms with Gasteiger partial charge in [0.25, 0.3) is 5.91 Å². The Bertz CT molecular complexity index is 1480. The van der Waals surface area contributed by atoms with Crippen molar-refractivity contribution in [3.8, 4) is 0 Å². The smallest absolute Gasteiger partial charge is 0.283 e. The molecule has 0 radical (unpaired) electrons. The van der Waals surface area contributed by atoms with Gasteiger partial charge in [-0.1, -0.05) is 48.5 Å². The van der Waals surface area contributed by atoms with Crippen LogP contribution in [0.5, 0.6) is 0 Å². The van der Waals surface area contributed by atoms with Crippen molar-refractivity contribution < 1.29 is 9.59 Å². The van der Waals surface area contributed by atoms with E-state index in [9.17, 15) is 9.59 Å². The Hall–Kier alpha value is -3.98. The number of amides is 2. The first-order chi connectivity index (χ1) is 17.6. The third-order valence-electron chi connectivity index (χ3n) is 6.57. The quantitative estimate of drug-likeness (QED) is 0.532. The summed E-state index contributed by atoms with van der Waals surface area (Å²) in [5, 5.41) is 16.4. The van der Waals surface area contributed by atoms with E-state index in [-0.39, 0.29) is 23.7 Å².